The lowest BCUT2D eigenvalue weighted by Gasteiger charge is -2.36. The summed E-state index contributed by atoms with van der Waals surface area (Å²) in [6.45, 7) is 2.02. The topological polar surface area (TPSA) is 104 Å². The lowest BCUT2D eigenvalue weighted by Crippen LogP contribution is -2.64. The Labute approximate surface area is 142 Å². The van der Waals surface area contributed by atoms with E-state index in [9.17, 15) is 4.79 Å². The van der Waals surface area contributed by atoms with Crippen LogP contribution in [0.25, 0.3) is 10.8 Å². The fourth-order valence-corrected chi connectivity index (χ4v) is 3.52. The van der Waals surface area contributed by atoms with Crippen molar-refractivity contribution in [3.8, 4) is 5.75 Å². The summed E-state index contributed by atoms with van der Waals surface area (Å²) in [6.07, 6.45) is 4.27. The molecule has 0 unspecified atom stereocenters. The first-order valence-corrected chi connectivity index (χ1v) is 8.40. The van der Waals surface area contributed by atoms with Crippen LogP contribution < -0.4 is 21.9 Å². The second-order valence-electron chi connectivity index (χ2n) is 6.91. The first-order valence-electron chi connectivity index (χ1n) is 8.40. The number of fused-ring (bicyclic) bond motifs is 1. The molecule has 3 rings (SSSR count). The second kappa shape index (κ2) is 6.51. The van der Waals surface area contributed by atoms with E-state index in [2.05, 4.69) is 0 Å². The Balaban J connectivity index is 1.80. The van der Waals surface area contributed by atoms with E-state index in [1.165, 1.54) is 0 Å². The van der Waals surface area contributed by atoms with Crippen molar-refractivity contribution in [3.05, 3.63) is 41.5 Å². The molecule has 24 heavy (non-hydrogen) atoms. The number of hydrogen-bond donors (Lipinski definition) is 3. The van der Waals surface area contributed by atoms with Crippen LogP contribution in [0.4, 0.5) is 0 Å². The molecule has 5 heteroatoms. The van der Waals surface area contributed by atoms with Gasteiger partial charge in [-0.2, -0.15) is 0 Å². The lowest BCUT2D eigenvalue weighted by atomic mass is 9.83. The number of benzene rings is 2. The number of nitrogens with two attached hydrogens (primary N) is 3. The van der Waals surface area contributed by atoms with Gasteiger partial charge in [0.05, 0.1) is 11.7 Å². The molecule has 0 atom stereocenters. The van der Waals surface area contributed by atoms with Crippen molar-refractivity contribution < 1.29 is 9.53 Å². The van der Waals surface area contributed by atoms with Crippen molar-refractivity contribution in [1.82, 2.24) is 0 Å². The molecule has 6 N–H and O–H groups in total. The van der Waals surface area contributed by atoms with Crippen LogP contribution in [0.2, 0.25) is 0 Å². The SMILES string of the molecule is Cc1ccc2ccc(OC3CCC(C(N)(N)N)CC3)c(C=O)c2c1. The average molecular weight is 327 g/mol. The third-order valence-corrected chi connectivity index (χ3v) is 4.97. The number of ether oxygens (including phenoxy) is 1. The zero-order valence-corrected chi connectivity index (χ0v) is 14.0. The first-order chi connectivity index (χ1) is 11.4. The molecule has 1 fully saturated rings. The van der Waals surface area contributed by atoms with Gasteiger partial charge in [0.15, 0.2) is 6.29 Å². The Morgan fingerprint density at radius 3 is 2.38 bits per heavy atom. The molecule has 1 saturated carbocycles. The van der Waals surface area contributed by atoms with Gasteiger partial charge in [0.25, 0.3) is 0 Å². The monoisotopic (exact) mass is 327 g/mol. The summed E-state index contributed by atoms with van der Waals surface area (Å²) in [6, 6.07) is 9.96. The van der Waals surface area contributed by atoms with E-state index in [-0.39, 0.29) is 12.0 Å². The van der Waals surface area contributed by atoms with Crippen LogP contribution in [0, 0.1) is 12.8 Å². The van der Waals surface area contributed by atoms with Crippen LogP contribution in [-0.4, -0.2) is 18.2 Å². The van der Waals surface area contributed by atoms with E-state index in [0.29, 0.717) is 11.3 Å². The van der Waals surface area contributed by atoms with Gasteiger partial charge in [-0.05, 0) is 49.4 Å². The van der Waals surface area contributed by atoms with E-state index in [0.717, 1.165) is 48.3 Å². The summed E-state index contributed by atoms with van der Waals surface area (Å²) < 4.78 is 6.13. The van der Waals surface area contributed by atoms with Crippen molar-refractivity contribution in [2.24, 2.45) is 23.1 Å². The predicted octanol–water partition coefficient (Wildman–Crippen LogP) is 2.43. The van der Waals surface area contributed by atoms with Crippen LogP contribution >= 0.6 is 0 Å². The van der Waals surface area contributed by atoms with Gasteiger partial charge >= 0.3 is 0 Å². The van der Waals surface area contributed by atoms with Crippen molar-refractivity contribution in [2.75, 3.05) is 0 Å². The van der Waals surface area contributed by atoms with Gasteiger partial charge in [-0.1, -0.05) is 29.8 Å². The van der Waals surface area contributed by atoms with E-state index in [4.69, 9.17) is 21.9 Å². The smallest absolute Gasteiger partial charge is 0.154 e. The minimum absolute atomic E-state index is 0.0598. The highest BCUT2D eigenvalue weighted by atomic mass is 16.5. The molecule has 0 radical (unpaired) electrons. The van der Waals surface area contributed by atoms with Gasteiger partial charge in [0.2, 0.25) is 0 Å². The number of aldehydes is 1. The minimum atomic E-state index is -1.13. The minimum Gasteiger partial charge on any atom is -0.490 e. The second-order valence-corrected chi connectivity index (χ2v) is 6.91. The number of hydrogen-bond acceptors (Lipinski definition) is 5. The molecular formula is C19H25N3O2. The van der Waals surface area contributed by atoms with Crippen LogP contribution in [0.15, 0.2) is 30.3 Å². The molecule has 0 saturated heterocycles. The number of rotatable bonds is 4. The Kier molecular flexibility index (Phi) is 4.58. The fraction of sp³-hybridized carbons (Fsp3) is 0.421. The molecule has 0 heterocycles. The molecule has 1 aliphatic carbocycles. The Morgan fingerprint density at radius 2 is 1.75 bits per heavy atom. The van der Waals surface area contributed by atoms with Crippen LogP contribution in [0.5, 0.6) is 5.75 Å². The van der Waals surface area contributed by atoms with E-state index < -0.39 is 5.79 Å². The van der Waals surface area contributed by atoms with Gasteiger partial charge in [-0.3, -0.25) is 4.79 Å². The van der Waals surface area contributed by atoms with Crippen molar-refractivity contribution >= 4 is 17.1 Å². The van der Waals surface area contributed by atoms with E-state index >= 15 is 0 Å². The summed E-state index contributed by atoms with van der Waals surface area (Å²) in [4.78, 5) is 11.6. The third kappa shape index (κ3) is 3.43. The highest BCUT2D eigenvalue weighted by molar-refractivity contribution is 6.01. The summed E-state index contributed by atoms with van der Waals surface area (Å²) in [5, 5.41) is 1.97. The summed E-state index contributed by atoms with van der Waals surface area (Å²) in [7, 11) is 0. The molecule has 128 valence electrons. The summed E-state index contributed by atoms with van der Waals surface area (Å²) >= 11 is 0. The van der Waals surface area contributed by atoms with Gasteiger partial charge in [-0.25, -0.2) is 0 Å². The fourth-order valence-electron chi connectivity index (χ4n) is 3.52. The number of carbonyl (C=O) groups is 1. The maximum Gasteiger partial charge on any atom is 0.154 e. The zero-order valence-electron chi connectivity index (χ0n) is 14.0. The van der Waals surface area contributed by atoms with Gasteiger partial charge in [0, 0.05) is 5.92 Å². The Bertz CT molecular complexity index is 744. The van der Waals surface area contributed by atoms with E-state index in [1.54, 1.807) is 0 Å². The molecule has 0 aromatic heterocycles. The van der Waals surface area contributed by atoms with Crippen molar-refractivity contribution in [3.63, 3.8) is 0 Å². The van der Waals surface area contributed by atoms with Gasteiger partial charge in [0.1, 0.15) is 11.5 Å². The summed E-state index contributed by atoms with van der Waals surface area (Å²) in [5.41, 5.74) is 19.1. The molecule has 0 bridgehead atoms. The molecule has 0 aliphatic heterocycles. The van der Waals surface area contributed by atoms with Gasteiger partial charge in [-0.15, -0.1) is 0 Å². The number of aryl methyl sites for hydroxylation is 1. The normalized spacial score (nSPS) is 21.7. The molecule has 2 aromatic rings. The number of carbonyl (C=O) groups excluding carboxylic acids is 1. The first kappa shape index (κ1) is 16.9. The Hall–Kier alpha value is -1.95. The van der Waals surface area contributed by atoms with Crippen LogP contribution in [0.3, 0.4) is 0 Å². The van der Waals surface area contributed by atoms with Crippen LogP contribution in [0.1, 0.15) is 41.6 Å². The molecule has 0 amide bonds. The maximum atomic E-state index is 11.6. The predicted molar refractivity (Wildman–Crippen MR) is 95.7 cm³/mol. The molecule has 2 aromatic carbocycles. The van der Waals surface area contributed by atoms with Crippen molar-refractivity contribution in [2.45, 2.75) is 44.5 Å². The molecule has 1 aliphatic rings. The summed E-state index contributed by atoms with van der Waals surface area (Å²) in [5.74, 6) is -0.382. The molecule has 5 nitrogen and oxygen atoms in total. The highest BCUT2D eigenvalue weighted by Crippen LogP contribution is 2.33. The van der Waals surface area contributed by atoms with Crippen LogP contribution in [-0.2, 0) is 0 Å². The quantitative estimate of drug-likeness (QED) is 0.591. The maximum absolute atomic E-state index is 11.6. The standard InChI is InChI=1S/C19H25N3O2/c1-12-2-3-13-4-9-18(17(11-23)16(13)10-12)24-15-7-5-14(6-8-15)19(20,21)22/h2-4,9-11,14-15H,5-8,20-22H2,1H3. The molecular weight excluding hydrogens is 302 g/mol. The van der Waals surface area contributed by atoms with E-state index in [1.807, 2.05) is 37.3 Å². The highest BCUT2D eigenvalue weighted by Gasteiger charge is 2.32. The van der Waals surface area contributed by atoms with Gasteiger partial charge < -0.3 is 21.9 Å². The molecule has 0 spiro atoms. The average Bonchev–Trinajstić information content (AvgIpc) is 2.54. The third-order valence-electron chi connectivity index (χ3n) is 4.97. The Morgan fingerprint density at radius 1 is 1.08 bits per heavy atom. The van der Waals surface area contributed by atoms with Crippen molar-refractivity contribution in [1.29, 1.82) is 0 Å². The lowest BCUT2D eigenvalue weighted by molar-refractivity contribution is 0.0998. The zero-order chi connectivity index (χ0) is 17.3. The largest absolute Gasteiger partial charge is 0.490 e.